The van der Waals surface area contributed by atoms with Crippen molar-refractivity contribution >= 4 is 17.2 Å². The van der Waals surface area contributed by atoms with Gasteiger partial charge in [-0.25, -0.2) is 4.68 Å². The quantitative estimate of drug-likeness (QED) is 0.728. The van der Waals surface area contributed by atoms with Gasteiger partial charge in [0.2, 0.25) is 5.91 Å². The fraction of sp³-hybridized carbons (Fsp3) is 0.273. The van der Waals surface area contributed by atoms with Gasteiger partial charge in [-0.3, -0.25) is 4.79 Å². The van der Waals surface area contributed by atoms with Crippen molar-refractivity contribution in [3.8, 4) is 11.8 Å². The number of aliphatic hydroxyl groups is 1. The number of nitrogens with one attached hydrogen (secondary N) is 1. The molecule has 0 unspecified atom stereocenters. The minimum Gasteiger partial charge on any atom is -0.384 e. The molecule has 2 aromatic rings. The summed E-state index contributed by atoms with van der Waals surface area (Å²) < 4.78 is 1.34. The number of carbonyl (C=O) groups excluding carboxylic acids is 1. The topological polar surface area (TPSA) is 92.9 Å². The van der Waals surface area contributed by atoms with E-state index < -0.39 is 0 Å². The van der Waals surface area contributed by atoms with Crippen molar-refractivity contribution in [2.24, 2.45) is 0 Å². The molecule has 7 nitrogen and oxygen atoms in total. The van der Waals surface area contributed by atoms with E-state index in [-0.39, 0.29) is 19.1 Å². The second-order valence-corrected chi connectivity index (χ2v) is 4.50. The highest BCUT2D eigenvalue weighted by Gasteiger charge is 2.06. The van der Waals surface area contributed by atoms with E-state index in [2.05, 4.69) is 32.7 Å². The molecule has 0 aliphatic carbocycles. The molecule has 0 radical (unpaired) electrons. The second kappa shape index (κ2) is 6.63. The Bertz CT molecular complexity index is 596. The van der Waals surface area contributed by atoms with Crippen molar-refractivity contribution in [1.29, 1.82) is 0 Å². The van der Waals surface area contributed by atoms with Gasteiger partial charge in [-0.15, -0.1) is 16.4 Å². The molecule has 0 fully saturated rings. The highest BCUT2D eigenvalue weighted by Crippen LogP contribution is 2.15. The SMILES string of the molecule is O=C(Cn1cnnn1)NCc1sccc1C#CCO. The molecule has 0 aliphatic rings. The van der Waals surface area contributed by atoms with Crippen LogP contribution in [0.5, 0.6) is 0 Å². The minimum atomic E-state index is -0.180. The fourth-order valence-corrected chi connectivity index (χ4v) is 2.13. The number of rotatable bonds is 4. The Kier molecular flexibility index (Phi) is 4.60. The first-order chi connectivity index (χ1) is 9.29. The van der Waals surface area contributed by atoms with Gasteiger partial charge in [-0.2, -0.15) is 0 Å². The Morgan fingerprint density at radius 3 is 3.21 bits per heavy atom. The molecule has 19 heavy (non-hydrogen) atoms. The summed E-state index contributed by atoms with van der Waals surface area (Å²) in [5, 5.41) is 23.8. The largest absolute Gasteiger partial charge is 0.384 e. The van der Waals surface area contributed by atoms with Gasteiger partial charge >= 0.3 is 0 Å². The first-order valence-corrected chi connectivity index (χ1v) is 6.31. The Labute approximate surface area is 113 Å². The van der Waals surface area contributed by atoms with Gasteiger partial charge in [0, 0.05) is 10.4 Å². The third-order valence-corrected chi connectivity index (χ3v) is 3.11. The molecule has 0 spiro atoms. The molecule has 98 valence electrons. The van der Waals surface area contributed by atoms with Crippen molar-refractivity contribution in [2.45, 2.75) is 13.1 Å². The summed E-state index contributed by atoms with van der Waals surface area (Å²) in [5.74, 6) is 5.24. The minimum absolute atomic E-state index is 0.0794. The summed E-state index contributed by atoms with van der Waals surface area (Å²) in [6, 6.07) is 1.86. The van der Waals surface area contributed by atoms with E-state index >= 15 is 0 Å². The van der Waals surface area contributed by atoms with Gasteiger partial charge < -0.3 is 10.4 Å². The molecule has 1 amide bonds. The van der Waals surface area contributed by atoms with Crippen LogP contribution in [-0.2, 0) is 17.9 Å². The molecule has 0 saturated heterocycles. The summed E-state index contributed by atoms with van der Waals surface area (Å²) in [5.41, 5.74) is 0.821. The summed E-state index contributed by atoms with van der Waals surface area (Å²) >= 11 is 1.50. The van der Waals surface area contributed by atoms with E-state index in [1.165, 1.54) is 22.3 Å². The smallest absolute Gasteiger partial charge is 0.242 e. The molecule has 2 heterocycles. The van der Waals surface area contributed by atoms with Crippen molar-refractivity contribution in [2.75, 3.05) is 6.61 Å². The Hall–Kier alpha value is -2.24. The third-order valence-electron chi connectivity index (χ3n) is 2.19. The molecule has 0 aliphatic heterocycles. The van der Waals surface area contributed by atoms with Crippen LogP contribution >= 0.6 is 11.3 Å². The number of nitrogens with zero attached hydrogens (tertiary/aromatic N) is 4. The predicted octanol–water partition coefficient (Wildman–Crippen LogP) is -0.605. The molecule has 8 heteroatoms. The van der Waals surface area contributed by atoms with Crippen LogP contribution in [0.3, 0.4) is 0 Å². The van der Waals surface area contributed by atoms with Crippen LogP contribution in [0.25, 0.3) is 0 Å². The lowest BCUT2D eigenvalue weighted by atomic mass is 10.2. The summed E-state index contributed by atoms with van der Waals surface area (Å²) in [7, 11) is 0. The fourth-order valence-electron chi connectivity index (χ4n) is 1.36. The number of aromatic nitrogens is 4. The van der Waals surface area contributed by atoms with Crippen molar-refractivity contribution < 1.29 is 9.90 Å². The molecule has 0 saturated carbocycles. The van der Waals surface area contributed by atoms with Gasteiger partial charge in [0.05, 0.1) is 6.54 Å². The zero-order valence-corrected chi connectivity index (χ0v) is 10.7. The lowest BCUT2D eigenvalue weighted by Crippen LogP contribution is -2.27. The van der Waals surface area contributed by atoms with Crippen LogP contribution in [0.15, 0.2) is 17.8 Å². The maximum absolute atomic E-state index is 11.6. The maximum Gasteiger partial charge on any atom is 0.242 e. The molecule has 2 N–H and O–H groups in total. The highest BCUT2D eigenvalue weighted by atomic mass is 32.1. The van der Waals surface area contributed by atoms with E-state index in [9.17, 15) is 4.79 Å². The number of hydrogen-bond donors (Lipinski definition) is 2. The average molecular weight is 277 g/mol. The van der Waals surface area contributed by atoms with Gasteiger partial charge in [0.15, 0.2) is 0 Å². The highest BCUT2D eigenvalue weighted by molar-refractivity contribution is 7.10. The lowest BCUT2D eigenvalue weighted by molar-refractivity contribution is -0.122. The number of tetrazole rings is 1. The number of carbonyl (C=O) groups is 1. The second-order valence-electron chi connectivity index (χ2n) is 3.50. The van der Waals surface area contributed by atoms with Crippen LogP contribution in [-0.4, -0.2) is 37.8 Å². The van der Waals surface area contributed by atoms with Crippen LogP contribution in [0, 0.1) is 11.8 Å². The number of thiophene rings is 1. The molecular formula is C11H11N5O2S. The van der Waals surface area contributed by atoms with E-state index in [4.69, 9.17) is 5.11 Å². The first-order valence-electron chi connectivity index (χ1n) is 5.43. The van der Waals surface area contributed by atoms with Gasteiger partial charge in [0.1, 0.15) is 19.5 Å². The van der Waals surface area contributed by atoms with E-state index in [0.29, 0.717) is 6.54 Å². The molecular weight excluding hydrogens is 266 g/mol. The molecule has 0 atom stereocenters. The zero-order valence-electron chi connectivity index (χ0n) is 9.91. The Morgan fingerprint density at radius 2 is 2.47 bits per heavy atom. The summed E-state index contributed by atoms with van der Waals surface area (Å²) in [6.07, 6.45) is 1.38. The molecule has 2 aromatic heterocycles. The average Bonchev–Trinajstić information content (AvgIpc) is 3.05. The van der Waals surface area contributed by atoms with Crippen molar-refractivity contribution in [3.63, 3.8) is 0 Å². The van der Waals surface area contributed by atoms with Crippen molar-refractivity contribution in [1.82, 2.24) is 25.5 Å². The summed E-state index contributed by atoms with van der Waals surface area (Å²) in [4.78, 5) is 12.6. The van der Waals surface area contributed by atoms with E-state index in [0.717, 1.165) is 10.4 Å². The monoisotopic (exact) mass is 277 g/mol. The standard InChI is InChI=1S/C11H11N5O2S/c17-4-1-2-9-3-5-19-10(9)6-12-11(18)7-16-8-13-14-15-16/h3,5,8,17H,4,6-7H2,(H,12,18). The molecule has 0 aromatic carbocycles. The number of amides is 1. The van der Waals surface area contributed by atoms with Crippen LogP contribution in [0.4, 0.5) is 0 Å². The zero-order chi connectivity index (χ0) is 13.5. The van der Waals surface area contributed by atoms with Crippen molar-refractivity contribution in [3.05, 3.63) is 28.2 Å². The maximum atomic E-state index is 11.6. The normalized spacial score (nSPS) is 9.74. The van der Waals surface area contributed by atoms with E-state index in [1.807, 2.05) is 11.4 Å². The number of hydrogen-bond acceptors (Lipinski definition) is 6. The molecule has 0 bridgehead atoms. The summed E-state index contributed by atoms with van der Waals surface area (Å²) in [6.45, 7) is 0.297. The van der Waals surface area contributed by atoms with E-state index in [1.54, 1.807) is 0 Å². The van der Waals surface area contributed by atoms with Gasteiger partial charge in [-0.1, -0.05) is 11.8 Å². The first kappa shape index (κ1) is 13.2. The number of aliphatic hydroxyl groups excluding tert-OH is 1. The van der Waals surface area contributed by atoms with Gasteiger partial charge in [0.25, 0.3) is 0 Å². The van der Waals surface area contributed by atoms with Crippen LogP contribution in [0.1, 0.15) is 10.4 Å². The van der Waals surface area contributed by atoms with Gasteiger partial charge in [-0.05, 0) is 21.9 Å². The lowest BCUT2D eigenvalue weighted by Gasteiger charge is -2.03. The Balaban J connectivity index is 1.88. The third kappa shape index (κ3) is 3.87. The van der Waals surface area contributed by atoms with Crippen LogP contribution in [0.2, 0.25) is 0 Å². The predicted molar refractivity (Wildman–Crippen MR) is 67.9 cm³/mol. The molecule has 2 rings (SSSR count). The Morgan fingerprint density at radius 1 is 1.58 bits per heavy atom. The van der Waals surface area contributed by atoms with Crippen LogP contribution < -0.4 is 5.32 Å².